The monoisotopic (exact) mass is 442 g/mol. The molecule has 0 aliphatic heterocycles. The standard InChI is InChI=1S/C22H26N4O4S/c1-16(21-7-5-6-9-23-21)26(4)22(27)18-11-19(24-14-17-8-10-30-15-17)13-20(12-18)31(28,29)25(2)3/h5-13,15-16,24H,14H2,1-4H3/t16-/m0/s1. The highest BCUT2D eigenvalue weighted by Crippen LogP contribution is 2.25. The van der Waals surface area contributed by atoms with E-state index in [1.807, 2.05) is 31.2 Å². The van der Waals surface area contributed by atoms with Crippen LogP contribution in [0.25, 0.3) is 0 Å². The Balaban J connectivity index is 1.95. The third-order valence-electron chi connectivity index (χ3n) is 5.03. The zero-order valence-electron chi connectivity index (χ0n) is 17.9. The van der Waals surface area contributed by atoms with Crippen molar-refractivity contribution in [2.24, 2.45) is 0 Å². The van der Waals surface area contributed by atoms with Crippen LogP contribution in [0.3, 0.4) is 0 Å². The minimum absolute atomic E-state index is 0.0388. The van der Waals surface area contributed by atoms with Gasteiger partial charge in [-0.2, -0.15) is 0 Å². The van der Waals surface area contributed by atoms with Gasteiger partial charge in [0.25, 0.3) is 5.91 Å². The second-order valence-electron chi connectivity index (χ2n) is 7.37. The molecule has 1 atom stereocenters. The maximum Gasteiger partial charge on any atom is 0.254 e. The maximum atomic E-state index is 13.2. The minimum atomic E-state index is -3.73. The topological polar surface area (TPSA) is 95.7 Å². The lowest BCUT2D eigenvalue weighted by atomic mass is 10.1. The van der Waals surface area contributed by atoms with Gasteiger partial charge in [0.1, 0.15) is 0 Å². The van der Waals surface area contributed by atoms with Gasteiger partial charge in [-0.1, -0.05) is 6.07 Å². The van der Waals surface area contributed by atoms with Crippen molar-refractivity contribution in [3.05, 3.63) is 78.0 Å². The number of nitrogens with zero attached hydrogens (tertiary/aromatic N) is 3. The highest BCUT2D eigenvalue weighted by atomic mass is 32.2. The van der Waals surface area contributed by atoms with E-state index in [-0.39, 0.29) is 22.4 Å². The van der Waals surface area contributed by atoms with Gasteiger partial charge in [-0.05, 0) is 43.3 Å². The number of carbonyl (C=O) groups is 1. The van der Waals surface area contributed by atoms with Crippen molar-refractivity contribution in [3.8, 4) is 0 Å². The third-order valence-corrected chi connectivity index (χ3v) is 6.82. The number of hydrogen-bond donors (Lipinski definition) is 1. The van der Waals surface area contributed by atoms with E-state index in [0.717, 1.165) is 15.6 Å². The molecule has 0 fully saturated rings. The van der Waals surface area contributed by atoms with Crippen molar-refractivity contribution in [2.45, 2.75) is 24.4 Å². The van der Waals surface area contributed by atoms with E-state index in [9.17, 15) is 13.2 Å². The molecule has 2 heterocycles. The van der Waals surface area contributed by atoms with Gasteiger partial charge in [-0.3, -0.25) is 9.78 Å². The molecule has 0 aliphatic carbocycles. The molecule has 9 heteroatoms. The number of anilines is 1. The number of nitrogens with one attached hydrogen (secondary N) is 1. The molecule has 8 nitrogen and oxygen atoms in total. The Hall–Kier alpha value is -3.17. The predicted octanol–water partition coefficient (Wildman–Crippen LogP) is 3.37. The van der Waals surface area contributed by atoms with Crippen LogP contribution in [0.2, 0.25) is 0 Å². The second kappa shape index (κ2) is 9.32. The van der Waals surface area contributed by atoms with Gasteiger partial charge in [-0.25, -0.2) is 12.7 Å². The van der Waals surface area contributed by atoms with E-state index in [4.69, 9.17) is 4.42 Å². The van der Waals surface area contributed by atoms with E-state index >= 15 is 0 Å². The van der Waals surface area contributed by atoms with Gasteiger partial charge in [0.05, 0.1) is 29.2 Å². The SMILES string of the molecule is C[C@@H](c1ccccn1)N(C)C(=O)c1cc(NCc2ccoc2)cc(S(=O)(=O)N(C)C)c1. The molecule has 31 heavy (non-hydrogen) atoms. The molecule has 3 aromatic rings. The summed E-state index contributed by atoms with van der Waals surface area (Å²) in [5, 5.41) is 3.17. The van der Waals surface area contributed by atoms with Gasteiger partial charge in [-0.15, -0.1) is 0 Å². The van der Waals surface area contributed by atoms with E-state index in [1.165, 1.54) is 26.2 Å². The molecule has 1 aromatic carbocycles. The Labute approximate surface area is 182 Å². The Morgan fingerprint density at radius 3 is 2.55 bits per heavy atom. The third kappa shape index (κ3) is 5.12. The zero-order chi connectivity index (χ0) is 22.6. The minimum Gasteiger partial charge on any atom is -0.472 e. The lowest BCUT2D eigenvalue weighted by Gasteiger charge is -2.25. The molecule has 2 aromatic heterocycles. The lowest BCUT2D eigenvalue weighted by molar-refractivity contribution is 0.0739. The molecule has 0 saturated heterocycles. The Bertz CT molecular complexity index is 1130. The molecule has 1 N–H and O–H groups in total. The highest BCUT2D eigenvalue weighted by Gasteiger charge is 2.24. The smallest absolute Gasteiger partial charge is 0.254 e. The summed E-state index contributed by atoms with van der Waals surface area (Å²) in [7, 11) is 0.852. The van der Waals surface area contributed by atoms with Crippen LogP contribution < -0.4 is 5.32 Å². The number of carbonyl (C=O) groups excluding carboxylic acids is 1. The number of hydrogen-bond acceptors (Lipinski definition) is 6. The molecule has 0 bridgehead atoms. The number of aromatic nitrogens is 1. The summed E-state index contributed by atoms with van der Waals surface area (Å²) in [6.45, 7) is 2.30. The fourth-order valence-corrected chi connectivity index (χ4v) is 3.96. The number of benzene rings is 1. The second-order valence-corrected chi connectivity index (χ2v) is 9.52. The lowest BCUT2D eigenvalue weighted by Crippen LogP contribution is -2.30. The van der Waals surface area contributed by atoms with E-state index in [0.29, 0.717) is 12.2 Å². The molecule has 3 rings (SSSR count). The molecule has 164 valence electrons. The summed E-state index contributed by atoms with van der Waals surface area (Å²) < 4.78 is 31.7. The first-order valence-corrected chi connectivity index (χ1v) is 11.1. The largest absolute Gasteiger partial charge is 0.472 e. The quantitative estimate of drug-likeness (QED) is 0.575. The van der Waals surface area contributed by atoms with Gasteiger partial charge in [0.2, 0.25) is 10.0 Å². The molecule has 0 unspecified atom stereocenters. The number of amides is 1. The van der Waals surface area contributed by atoms with Crippen LogP contribution in [0.15, 0.2) is 70.5 Å². The van der Waals surface area contributed by atoms with Crippen molar-refractivity contribution < 1.29 is 17.6 Å². The number of furan rings is 1. The van der Waals surface area contributed by atoms with Gasteiger partial charge in [0, 0.05) is 50.7 Å². The van der Waals surface area contributed by atoms with Crippen LogP contribution in [-0.4, -0.2) is 49.7 Å². The summed E-state index contributed by atoms with van der Waals surface area (Å²) in [6.07, 6.45) is 4.83. The first-order chi connectivity index (χ1) is 14.7. The van der Waals surface area contributed by atoms with Crippen LogP contribution in [0, 0.1) is 0 Å². The fraction of sp³-hybridized carbons (Fsp3) is 0.273. The molecule has 0 radical (unpaired) electrons. The first-order valence-electron chi connectivity index (χ1n) is 9.71. The molecule has 1 amide bonds. The number of pyridine rings is 1. The summed E-state index contributed by atoms with van der Waals surface area (Å²) in [5.74, 6) is -0.305. The van der Waals surface area contributed by atoms with Crippen molar-refractivity contribution in [1.29, 1.82) is 0 Å². The predicted molar refractivity (Wildman–Crippen MR) is 118 cm³/mol. The Kier molecular flexibility index (Phi) is 6.77. The Morgan fingerprint density at radius 2 is 1.94 bits per heavy atom. The maximum absolute atomic E-state index is 13.2. The molecular weight excluding hydrogens is 416 g/mol. The van der Waals surface area contributed by atoms with Crippen molar-refractivity contribution in [1.82, 2.24) is 14.2 Å². The summed E-state index contributed by atoms with van der Waals surface area (Å²) >= 11 is 0. The normalized spacial score (nSPS) is 12.5. The highest BCUT2D eigenvalue weighted by molar-refractivity contribution is 7.89. The van der Waals surface area contributed by atoms with Crippen LogP contribution in [0.1, 0.15) is 34.6 Å². The van der Waals surface area contributed by atoms with Gasteiger partial charge < -0.3 is 14.6 Å². The average Bonchev–Trinajstić information content (AvgIpc) is 3.30. The first kappa shape index (κ1) is 22.5. The summed E-state index contributed by atoms with van der Waals surface area (Å²) in [5.41, 5.74) is 2.43. The van der Waals surface area contributed by atoms with Crippen molar-refractivity contribution in [3.63, 3.8) is 0 Å². The van der Waals surface area contributed by atoms with Gasteiger partial charge >= 0.3 is 0 Å². The van der Waals surface area contributed by atoms with E-state index in [1.54, 1.807) is 36.7 Å². The van der Waals surface area contributed by atoms with Gasteiger partial charge in [0.15, 0.2) is 0 Å². The average molecular weight is 443 g/mol. The number of sulfonamides is 1. The van der Waals surface area contributed by atoms with E-state index in [2.05, 4.69) is 10.3 Å². The molecule has 0 saturated carbocycles. The molecule has 0 aliphatic rings. The Morgan fingerprint density at radius 1 is 1.16 bits per heavy atom. The van der Waals surface area contributed by atoms with Crippen molar-refractivity contribution >= 4 is 21.6 Å². The van der Waals surface area contributed by atoms with Crippen LogP contribution in [0.4, 0.5) is 5.69 Å². The van der Waals surface area contributed by atoms with Crippen LogP contribution in [-0.2, 0) is 16.6 Å². The summed E-state index contributed by atoms with van der Waals surface area (Å²) in [6, 6.07) is 11.6. The molecule has 0 spiro atoms. The van der Waals surface area contributed by atoms with Crippen LogP contribution in [0.5, 0.6) is 0 Å². The fourth-order valence-electron chi connectivity index (χ4n) is 2.98. The van der Waals surface area contributed by atoms with E-state index < -0.39 is 10.0 Å². The number of rotatable bonds is 8. The van der Waals surface area contributed by atoms with Crippen LogP contribution >= 0.6 is 0 Å². The summed E-state index contributed by atoms with van der Waals surface area (Å²) in [4.78, 5) is 19.1. The molecular formula is C22H26N4O4S. The zero-order valence-corrected chi connectivity index (χ0v) is 18.8. The van der Waals surface area contributed by atoms with Crippen molar-refractivity contribution in [2.75, 3.05) is 26.5 Å².